The van der Waals surface area contributed by atoms with Gasteiger partial charge in [-0.1, -0.05) is 30.3 Å². The summed E-state index contributed by atoms with van der Waals surface area (Å²) >= 11 is 0. The Morgan fingerprint density at radius 3 is 2.26 bits per heavy atom. The minimum Gasteiger partial charge on any atom is -0.479 e. The molecule has 39 heavy (non-hydrogen) atoms. The van der Waals surface area contributed by atoms with Crippen molar-refractivity contribution in [1.29, 1.82) is 0 Å². The van der Waals surface area contributed by atoms with E-state index in [-0.39, 0.29) is 43.9 Å². The van der Waals surface area contributed by atoms with E-state index < -0.39 is 53.5 Å². The van der Waals surface area contributed by atoms with E-state index in [0.29, 0.717) is 17.7 Å². The highest BCUT2D eigenvalue weighted by molar-refractivity contribution is 5.77. The number of carbonyl (C=O) groups is 2. The quantitative estimate of drug-likeness (QED) is 0.312. The fourth-order valence-electron chi connectivity index (χ4n) is 3.79. The first-order valence-electron chi connectivity index (χ1n) is 11.4. The standard InChI is InChI=1S/C16H15F6N5O.C8H8O3/c17-10-6-12(19)11(18)4-8(10)3-9(23)5-14(28)26-1-2-27-13(7-26)24-25-15(27)16(20,21)22;9-7(8(10)11)6-4-2-1-3-5-6/h4,6,9H,1-3,5,7,23H2;1-5,7,9H,(H,10,11)/t9-;/m1./s1. The van der Waals surface area contributed by atoms with Gasteiger partial charge in [0.2, 0.25) is 11.7 Å². The van der Waals surface area contributed by atoms with Crippen molar-refractivity contribution in [3.05, 3.63) is 82.7 Å². The Labute approximate surface area is 217 Å². The molecule has 1 amide bonds. The molecule has 2 aromatic carbocycles. The second-order valence-electron chi connectivity index (χ2n) is 8.58. The number of rotatable bonds is 6. The average Bonchev–Trinajstić information content (AvgIpc) is 3.32. The number of carboxylic acids is 1. The van der Waals surface area contributed by atoms with Crippen LogP contribution in [-0.2, 0) is 35.3 Å². The van der Waals surface area contributed by atoms with Crippen LogP contribution in [0.2, 0.25) is 0 Å². The molecule has 210 valence electrons. The topological polar surface area (TPSA) is 135 Å². The number of aliphatic hydroxyl groups is 1. The number of nitrogens with two attached hydrogens (primary N) is 1. The van der Waals surface area contributed by atoms with Crippen molar-refractivity contribution in [3.8, 4) is 0 Å². The van der Waals surface area contributed by atoms with E-state index in [9.17, 15) is 35.9 Å². The van der Waals surface area contributed by atoms with Gasteiger partial charge in [-0.25, -0.2) is 18.0 Å². The molecule has 2 heterocycles. The molecule has 9 nitrogen and oxygen atoms in total. The number of nitrogens with zero attached hydrogens (tertiary/aromatic N) is 4. The number of aromatic nitrogens is 3. The molecule has 1 aliphatic rings. The van der Waals surface area contributed by atoms with Crippen molar-refractivity contribution in [2.75, 3.05) is 6.54 Å². The third kappa shape index (κ3) is 7.54. The van der Waals surface area contributed by atoms with Gasteiger partial charge in [-0.3, -0.25) is 4.79 Å². The maximum Gasteiger partial charge on any atom is 0.451 e. The third-order valence-electron chi connectivity index (χ3n) is 5.72. The van der Waals surface area contributed by atoms with Gasteiger partial charge < -0.3 is 25.4 Å². The zero-order valence-corrected chi connectivity index (χ0v) is 20.1. The summed E-state index contributed by atoms with van der Waals surface area (Å²) in [5.41, 5.74) is 6.04. The van der Waals surface area contributed by atoms with Gasteiger partial charge in [0.05, 0.1) is 6.54 Å². The molecular formula is C24H23F6N5O4. The largest absolute Gasteiger partial charge is 0.479 e. The molecule has 0 fully saturated rings. The number of aliphatic carboxylic acids is 1. The van der Waals surface area contributed by atoms with Crippen LogP contribution in [0.4, 0.5) is 26.3 Å². The molecule has 4 N–H and O–H groups in total. The molecule has 4 rings (SSSR count). The lowest BCUT2D eigenvalue weighted by atomic mass is 10.0. The number of amides is 1. The molecule has 0 spiro atoms. The molecule has 0 radical (unpaired) electrons. The first-order valence-corrected chi connectivity index (χ1v) is 11.4. The number of aliphatic hydroxyl groups excluding tert-OH is 1. The fraction of sp³-hybridized carbons (Fsp3) is 0.333. The van der Waals surface area contributed by atoms with Gasteiger partial charge in [0, 0.05) is 31.6 Å². The normalized spacial score (nSPS) is 14.6. The molecular weight excluding hydrogens is 536 g/mol. The SMILES string of the molecule is N[C@@H](CC(=O)N1CCn2c(nnc2C(F)(F)F)C1)Cc1cc(F)c(F)cc1F.O=C(O)C(O)c1ccccc1. The van der Waals surface area contributed by atoms with Crippen LogP contribution < -0.4 is 5.73 Å². The van der Waals surface area contributed by atoms with Crippen molar-refractivity contribution >= 4 is 11.9 Å². The molecule has 1 aromatic heterocycles. The minimum absolute atomic E-state index is 0.000783. The Morgan fingerprint density at radius 2 is 1.64 bits per heavy atom. The maximum atomic E-state index is 13.7. The van der Waals surface area contributed by atoms with Gasteiger partial charge in [-0.05, 0) is 23.6 Å². The smallest absolute Gasteiger partial charge is 0.451 e. The molecule has 3 aromatic rings. The maximum absolute atomic E-state index is 13.7. The zero-order valence-electron chi connectivity index (χ0n) is 20.1. The third-order valence-corrected chi connectivity index (χ3v) is 5.72. The average molecular weight is 559 g/mol. The molecule has 2 atom stereocenters. The summed E-state index contributed by atoms with van der Waals surface area (Å²) in [5, 5.41) is 24.0. The van der Waals surface area contributed by atoms with Crippen molar-refractivity contribution < 1.29 is 46.1 Å². The first kappa shape index (κ1) is 29.6. The summed E-state index contributed by atoms with van der Waals surface area (Å²) in [4.78, 5) is 23.9. The molecule has 1 aliphatic heterocycles. The van der Waals surface area contributed by atoms with E-state index in [1.807, 2.05) is 0 Å². The lowest BCUT2D eigenvalue weighted by Gasteiger charge is -2.29. The summed E-state index contributed by atoms with van der Waals surface area (Å²) < 4.78 is 79.3. The molecule has 0 aliphatic carbocycles. The Bertz CT molecular complexity index is 1320. The number of halogens is 6. The number of hydrogen-bond acceptors (Lipinski definition) is 6. The molecule has 0 bridgehead atoms. The predicted octanol–water partition coefficient (Wildman–Crippen LogP) is 2.82. The van der Waals surface area contributed by atoms with Gasteiger partial charge in [-0.2, -0.15) is 13.2 Å². The van der Waals surface area contributed by atoms with Crippen LogP contribution in [0.3, 0.4) is 0 Å². The van der Waals surface area contributed by atoms with Gasteiger partial charge in [0.1, 0.15) is 5.82 Å². The van der Waals surface area contributed by atoms with E-state index in [1.165, 1.54) is 4.90 Å². The molecule has 0 saturated carbocycles. The number of carboxylic acid groups (broad SMARTS) is 1. The summed E-state index contributed by atoms with van der Waals surface area (Å²) in [7, 11) is 0. The monoisotopic (exact) mass is 559 g/mol. The van der Waals surface area contributed by atoms with Crippen molar-refractivity contribution in [1.82, 2.24) is 19.7 Å². The highest BCUT2D eigenvalue weighted by atomic mass is 19.4. The molecule has 1 unspecified atom stereocenters. The lowest BCUT2D eigenvalue weighted by molar-refractivity contribution is -0.148. The van der Waals surface area contributed by atoms with Crippen molar-refractivity contribution in [2.24, 2.45) is 5.73 Å². The van der Waals surface area contributed by atoms with Crippen LogP contribution >= 0.6 is 0 Å². The van der Waals surface area contributed by atoms with Crippen LogP contribution in [0.25, 0.3) is 0 Å². The van der Waals surface area contributed by atoms with Gasteiger partial charge in [0.15, 0.2) is 23.6 Å². The summed E-state index contributed by atoms with van der Waals surface area (Å²) in [6.07, 6.45) is -6.51. The Balaban J connectivity index is 0.000000320. The van der Waals surface area contributed by atoms with E-state index in [2.05, 4.69) is 10.2 Å². The van der Waals surface area contributed by atoms with Gasteiger partial charge in [0.25, 0.3) is 0 Å². The second kappa shape index (κ2) is 12.3. The highest BCUT2D eigenvalue weighted by Gasteiger charge is 2.40. The van der Waals surface area contributed by atoms with Crippen LogP contribution in [0.5, 0.6) is 0 Å². The lowest BCUT2D eigenvalue weighted by Crippen LogP contribution is -2.42. The minimum atomic E-state index is -4.64. The molecule has 15 heteroatoms. The Hall–Kier alpha value is -3.98. The highest BCUT2D eigenvalue weighted by Crippen LogP contribution is 2.29. The summed E-state index contributed by atoms with van der Waals surface area (Å²) in [5.74, 6) is -6.37. The van der Waals surface area contributed by atoms with Crippen LogP contribution in [0, 0.1) is 17.5 Å². The fourth-order valence-corrected chi connectivity index (χ4v) is 3.79. The molecule has 0 saturated heterocycles. The number of fused-ring (bicyclic) bond motifs is 1. The van der Waals surface area contributed by atoms with E-state index in [1.54, 1.807) is 30.3 Å². The van der Waals surface area contributed by atoms with Crippen molar-refractivity contribution in [2.45, 2.75) is 44.3 Å². The van der Waals surface area contributed by atoms with Crippen molar-refractivity contribution in [3.63, 3.8) is 0 Å². The Kier molecular flexibility index (Phi) is 9.29. The van der Waals surface area contributed by atoms with Gasteiger partial charge >= 0.3 is 12.1 Å². The number of carbonyl (C=O) groups excluding carboxylic acids is 1. The van der Waals surface area contributed by atoms with E-state index in [4.69, 9.17) is 15.9 Å². The predicted molar refractivity (Wildman–Crippen MR) is 122 cm³/mol. The summed E-state index contributed by atoms with van der Waals surface area (Å²) in [6.45, 7) is -0.302. The van der Waals surface area contributed by atoms with Crippen LogP contribution in [0.1, 0.15) is 35.3 Å². The van der Waals surface area contributed by atoms with Crippen LogP contribution in [0.15, 0.2) is 42.5 Å². The zero-order chi connectivity index (χ0) is 28.9. The summed E-state index contributed by atoms with van der Waals surface area (Å²) in [6, 6.07) is 8.45. The number of hydrogen-bond donors (Lipinski definition) is 3. The van der Waals surface area contributed by atoms with E-state index in [0.717, 1.165) is 4.57 Å². The van der Waals surface area contributed by atoms with E-state index >= 15 is 0 Å². The second-order valence-corrected chi connectivity index (χ2v) is 8.58. The number of alkyl halides is 3. The Morgan fingerprint density at radius 1 is 1.00 bits per heavy atom. The van der Waals surface area contributed by atoms with Crippen LogP contribution in [-0.4, -0.2) is 54.3 Å². The first-order chi connectivity index (χ1) is 18.3. The number of benzene rings is 2. The van der Waals surface area contributed by atoms with Gasteiger partial charge in [-0.15, -0.1) is 10.2 Å².